The third-order valence-electron chi connectivity index (χ3n) is 2.94. The van der Waals surface area contributed by atoms with Gasteiger partial charge in [-0.25, -0.2) is 0 Å². The van der Waals surface area contributed by atoms with Crippen molar-refractivity contribution in [3.63, 3.8) is 0 Å². The first-order valence-electron chi connectivity index (χ1n) is 6.42. The monoisotopic (exact) mass is 273 g/mol. The van der Waals surface area contributed by atoms with Crippen LogP contribution in [-0.4, -0.2) is 24.2 Å². The molecule has 2 rings (SSSR count). The number of benzene rings is 1. The molecule has 2 aromatic rings. The number of nitrogens with zero attached hydrogens (tertiary/aromatic N) is 2. The van der Waals surface area contributed by atoms with Crippen LogP contribution >= 0.6 is 0 Å². The lowest BCUT2D eigenvalue weighted by Crippen LogP contribution is -2.14. The van der Waals surface area contributed by atoms with Crippen LogP contribution in [0.5, 0.6) is 11.5 Å². The zero-order valence-electron chi connectivity index (χ0n) is 12.0. The van der Waals surface area contributed by atoms with Crippen LogP contribution in [0.4, 0.5) is 0 Å². The number of ether oxygens (including phenoxy) is 2. The molecule has 0 fully saturated rings. The van der Waals surface area contributed by atoms with Gasteiger partial charge in [0, 0.05) is 31.0 Å². The van der Waals surface area contributed by atoms with E-state index >= 15 is 0 Å². The molecule has 0 aliphatic carbocycles. The number of rotatable bonds is 6. The topological polar surface area (TPSA) is 56.3 Å². The molecule has 0 bridgehead atoms. The van der Waals surface area contributed by atoms with Gasteiger partial charge in [0.15, 0.2) is 0 Å². The summed E-state index contributed by atoms with van der Waals surface area (Å²) in [5.74, 6) is 1.66. The molecular weight excluding hydrogens is 254 g/mol. The molecule has 0 atom stereocenters. The van der Waals surface area contributed by atoms with E-state index in [4.69, 9.17) is 9.47 Å². The highest BCUT2D eigenvalue weighted by Crippen LogP contribution is 2.23. The van der Waals surface area contributed by atoms with Crippen LogP contribution in [0.3, 0.4) is 0 Å². The smallest absolute Gasteiger partial charge is 0.123 e. The van der Waals surface area contributed by atoms with Gasteiger partial charge in [0.25, 0.3) is 0 Å². The van der Waals surface area contributed by atoms with Crippen LogP contribution in [-0.2, 0) is 13.1 Å². The van der Waals surface area contributed by atoms with Crippen LogP contribution in [0.25, 0.3) is 0 Å². The summed E-state index contributed by atoms with van der Waals surface area (Å²) < 4.78 is 10.6. The molecule has 1 heterocycles. The lowest BCUT2D eigenvalue weighted by molar-refractivity contribution is 0.397. The van der Waals surface area contributed by atoms with E-state index in [0.717, 1.165) is 28.5 Å². The summed E-state index contributed by atoms with van der Waals surface area (Å²) in [6, 6.07) is 5.75. The summed E-state index contributed by atoms with van der Waals surface area (Å²) >= 11 is 0. The van der Waals surface area contributed by atoms with Crippen LogP contribution < -0.4 is 14.8 Å². The summed E-state index contributed by atoms with van der Waals surface area (Å²) in [5.41, 5.74) is 2.88. The molecule has 5 nitrogen and oxygen atoms in total. The average molecular weight is 273 g/mol. The molecule has 5 heteroatoms. The molecular formula is C15H19N3O2. The van der Waals surface area contributed by atoms with Crippen molar-refractivity contribution in [3.05, 3.63) is 47.5 Å². The van der Waals surface area contributed by atoms with Gasteiger partial charge in [0.05, 0.1) is 25.6 Å². The Hall–Kier alpha value is -2.14. The summed E-state index contributed by atoms with van der Waals surface area (Å²) in [7, 11) is 3.32. The van der Waals surface area contributed by atoms with E-state index in [9.17, 15) is 0 Å². The predicted octanol–water partition coefficient (Wildman–Crippen LogP) is 2.09. The summed E-state index contributed by atoms with van der Waals surface area (Å²) in [6.45, 7) is 3.26. The van der Waals surface area contributed by atoms with E-state index < -0.39 is 0 Å². The third kappa shape index (κ3) is 3.68. The Balaban J connectivity index is 1.97. The van der Waals surface area contributed by atoms with Crippen molar-refractivity contribution in [1.29, 1.82) is 0 Å². The van der Waals surface area contributed by atoms with Gasteiger partial charge in [-0.2, -0.15) is 0 Å². The largest absolute Gasteiger partial charge is 0.497 e. The molecule has 0 radical (unpaired) electrons. The molecule has 1 aromatic carbocycles. The molecule has 0 amide bonds. The van der Waals surface area contributed by atoms with Crippen molar-refractivity contribution in [2.75, 3.05) is 14.2 Å². The minimum Gasteiger partial charge on any atom is -0.497 e. The molecule has 20 heavy (non-hydrogen) atoms. The number of methoxy groups -OCH3 is 2. The SMILES string of the molecule is COc1ccc(OC)c(CNCc2cnc(C)cn2)c1. The second-order valence-electron chi connectivity index (χ2n) is 4.43. The normalized spacial score (nSPS) is 10.3. The maximum Gasteiger partial charge on any atom is 0.123 e. The predicted molar refractivity (Wildman–Crippen MR) is 76.9 cm³/mol. The van der Waals surface area contributed by atoms with Crippen molar-refractivity contribution >= 4 is 0 Å². The average Bonchev–Trinajstić information content (AvgIpc) is 2.49. The Labute approximate surface area is 119 Å². The molecule has 0 aliphatic rings. The van der Waals surface area contributed by atoms with Crippen LogP contribution in [0.2, 0.25) is 0 Å². The highest BCUT2D eigenvalue weighted by Gasteiger charge is 2.05. The zero-order chi connectivity index (χ0) is 14.4. The molecule has 0 saturated heterocycles. The van der Waals surface area contributed by atoms with Gasteiger partial charge in [-0.05, 0) is 25.1 Å². The summed E-state index contributed by atoms with van der Waals surface area (Å²) in [6.07, 6.45) is 3.55. The Morgan fingerprint density at radius 1 is 1.05 bits per heavy atom. The second-order valence-corrected chi connectivity index (χ2v) is 4.43. The number of hydrogen-bond donors (Lipinski definition) is 1. The van der Waals surface area contributed by atoms with Crippen molar-refractivity contribution in [2.45, 2.75) is 20.0 Å². The lowest BCUT2D eigenvalue weighted by Gasteiger charge is -2.11. The molecule has 0 saturated carbocycles. The second kappa shape index (κ2) is 6.86. The number of aryl methyl sites for hydroxylation is 1. The van der Waals surface area contributed by atoms with Crippen molar-refractivity contribution in [3.8, 4) is 11.5 Å². The van der Waals surface area contributed by atoms with Crippen molar-refractivity contribution in [2.24, 2.45) is 0 Å². The zero-order valence-corrected chi connectivity index (χ0v) is 12.0. The molecule has 0 aliphatic heterocycles. The number of aromatic nitrogens is 2. The highest BCUT2D eigenvalue weighted by atomic mass is 16.5. The molecule has 0 unspecified atom stereocenters. The van der Waals surface area contributed by atoms with Gasteiger partial charge in [-0.1, -0.05) is 0 Å². The molecule has 0 spiro atoms. The first-order chi connectivity index (χ1) is 9.72. The Bertz CT molecular complexity index is 556. The first kappa shape index (κ1) is 14.3. The van der Waals surface area contributed by atoms with E-state index in [0.29, 0.717) is 13.1 Å². The van der Waals surface area contributed by atoms with Gasteiger partial charge < -0.3 is 14.8 Å². The van der Waals surface area contributed by atoms with Crippen LogP contribution in [0.15, 0.2) is 30.6 Å². The van der Waals surface area contributed by atoms with Crippen LogP contribution in [0, 0.1) is 6.92 Å². The van der Waals surface area contributed by atoms with E-state index in [1.165, 1.54) is 0 Å². The third-order valence-corrected chi connectivity index (χ3v) is 2.94. The minimum atomic E-state index is 0.660. The van der Waals surface area contributed by atoms with Crippen molar-refractivity contribution < 1.29 is 9.47 Å². The van der Waals surface area contributed by atoms with Gasteiger partial charge >= 0.3 is 0 Å². The van der Waals surface area contributed by atoms with Gasteiger partial charge in [0.1, 0.15) is 11.5 Å². The molecule has 1 aromatic heterocycles. The number of nitrogens with one attached hydrogen (secondary N) is 1. The maximum absolute atomic E-state index is 5.34. The first-order valence-corrected chi connectivity index (χ1v) is 6.42. The van der Waals surface area contributed by atoms with E-state index in [1.807, 2.05) is 25.1 Å². The van der Waals surface area contributed by atoms with Gasteiger partial charge in [-0.3, -0.25) is 9.97 Å². The highest BCUT2D eigenvalue weighted by molar-refractivity contribution is 5.40. The molecule has 1 N–H and O–H groups in total. The van der Waals surface area contributed by atoms with E-state index in [1.54, 1.807) is 26.6 Å². The summed E-state index contributed by atoms with van der Waals surface area (Å²) in [5, 5.41) is 3.33. The Morgan fingerprint density at radius 3 is 2.55 bits per heavy atom. The fourth-order valence-electron chi connectivity index (χ4n) is 1.86. The Morgan fingerprint density at radius 2 is 1.90 bits per heavy atom. The fourth-order valence-corrected chi connectivity index (χ4v) is 1.86. The van der Waals surface area contributed by atoms with Gasteiger partial charge in [0.2, 0.25) is 0 Å². The van der Waals surface area contributed by atoms with E-state index in [-0.39, 0.29) is 0 Å². The van der Waals surface area contributed by atoms with Crippen LogP contribution in [0.1, 0.15) is 17.0 Å². The fraction of sp³-hybridized carbons (Fsp3) is 0.333. The lowest BCUT2D eigenvalue weighted by atomic mass is 10.2. The Kier molecular flexibility index (Phi) is 4.90. The molecule has 106 valence electrons. The summed E-state index contributed by atoms with van der Waals surface area (Å²) in [4.78, 5) is 8.52. The maximum atomic E-state index is 5.34. The van der Waals surface area contributed by atoms with Crippen molar-refractivity contribution in [1.82, 2.24) is 15.3 Å². The quantitative estimate of drug-likeness (QED) is 0.873. The minimum absolute atomic E-state index is 0.660. The van der Waals surface area contributed by atoms with Gasteiger partial charge in [-0.15, -0.1) is 0 Å². The van der Waals surface area contributed by atoms with E-state index in [2.05, 4.69) is 15.3 Å². The standard InChI is InChI=1S/C15H19N3O2/c1-11-7-18-13(10-17-11)9-16-8-12-6-14(19-2)4-5-15(12)20-3/h4-7,10,16H,8-9H2,1-3H3. The number of hydrogen-bond acceptors (Lipinski definition) is 5.